The van der Waals surface area contributed by atoms with Gasteiger partial charge in [0.15, 0.2) is 0 Å². The van der Waals surface area contributed by atoms with Crippen LogP contribution in [-0.4, -0.2) is 57.4 Å². The minimum Gasteiger partial charge on any atom is -0.384 e. The highest BCUT2D eigenvalue weighted by Gasteiger charge is 2.70. The zero-order chi connectivity index (χ0) is 18.5. The van der Waals surface area contributed by atoms with Crippen molar-refractivity contribution in [1.82, 2.24) is 10.2 Å². The molecule has 140 valence electrons. The molecule has 5 fully saturated rings. The van der Waals surface area contributed by atoms with Crippen LogP contribution in [0.4, 0.5) is 17.6 Å². The summed E-state index contributed by atoms with van der Waals surface area (Å²) in [5.74, 6) is -9.29. The fraction of sp³-hybridized carbons (Fsp3) is 0.875. The number of hydrogen-bond acceptors (Lipinski definition) is 3. The topological polar surface area (TPSA) is 69.6 Å². The Hall–Kier alpha value is -1.38. The number of carbonyl (C=O) groups is 2. The zero-order valence-corrected chi connectivity index (χ0v) is 13.7. The minimum atomic E-state index is -3.72. The summed E-state index contributed by atoms with van der Waals surface area (Å²) >= 11 is 0. The number of alkyl halides is 4. The van der Waals surface area contributed by atoms with E-state index in [1.54, 1.807) is 0 Å². The number of hydrogen-bond donors (Lipinski definition) is 2. The summed E-state index contributed by atoms with van der Waals surface area (Å²) in [4.78, 5) is 25.2. The molecule has 2 bridgehead atoms. The maximum Gasteiger partial charge on any atom is 0.312 e. The molecule has 5 rings (SSSR count). The van der Waals surface area contributed by atoms with Crippen molar-refractivity contribution in [1.29, 1.82) is 0 Å². The van der Waals surface area contributed by atoms with Crippen molar-refractivity contribution >= 4 is 11.8 Å². The van der Waals surface area contributed by atoms with E-state index in [0.717, 1.165) is 19.3 Å². The molecule has 4 aliphatic carbocycles. The number of aliphatic hydroxyl groups is 1. The molecular weight excluding hydrogens is 344 g/mol. The molecule has 0 aromatic carbocycles. The Balaban J connectivity index is 1.55. The third-order valence-electron chi connectivity index (χ3n) is 6.42. The third-order valence-corrected chi connectivity index (χ3v) is 6.42. The second-order valence-electron chi connectivity index (χ2n) is 8.77. The molecule has 0 aromatic heterocycles. The normalized spacial score (nSPS) is 45.8. The Morgan fingerprint density at radius 3 is 2.16 bits per heavy atom. The molecule has 1 saturated heterocycles. The number of nitrogens with one attached hydrogen (secondary N) is 1. The molecule has 0 unspecified atom stereocenters. The second-order valence-corrected chi connectivity index (χ2v) is 8.77. The third kappa shape index (κ3) is 2.23. The van der Waals surface area contributed by atoms with E-state index in [0.29, 0.717) is 4.90 Å². The lowest BCUT2D eigenvalue weighted by molar-refractivity contribution is -0.167. The number of aliphatic hydroxyl groups excluding tert-OH is 1. The number of amides is 2. The first-order valence-electron chi connectivity index (χ1n) is 8.40. The minimum absolute atomic E-state index is 0.169. The van der Waals surface area contributed by atoms with Gasteiger partial charge in [0, 0.05) is 18.4 Å². The molecule has 0 radical (unpaired) electrons. The highest BCUT2D eigenvalue weighted by molar-refractivity contribution is 6.35. The second kappa shape index (κ2) is 4.47. The predicted octanol–water partition coefficient (Wildman–Crippen LogP) is 1.44. The quantitative estimate of drug-likeness (QED) is 0.547. The van der Waals surface area contributed by atoms with Gasteiger partial charge in [0.05, 0.1) is 12.1 Å². The lowest BCUT2D eigenvalue weighted by Gasteiger charge is -2.69. The summed E-state index contributed by atoms with van der Waals surface area (Å²) in [6, 6.07) is 0. The smallest absolute Gasteiger partial charge is 0.312 e. The summed E-state index contributed by atoms with van der Waals surface area (Å²) in [5.41, 5.74) is -2.39. The largest absolute Gasteiger partial charge is 0.384 e. The molecule has 9 heteroatoms. The number of nitrogens with zero attached hydrogens (tertiary/aromatic N) is 1. The van der Waals surface area contributed by atoms with Crippen LogP contribution in [-0.2, 0) is 9.59 Å². The van der Waals surface area contributed by atoms with Gasteiger partial charge in [-0.3, -0.25) is 9.59 Å². The van der Waals surface area contributed by atoms with Crippen molar-refractivity contribution in [2.75, 3.05) is 6.54 Å². The van der Waals surface area contributed by atoms with E-state index in [2.05, 4.69) is 12.2 Å². The van der Waals surface area contributed by atoms with Gasteiger partial charge < -0.3 is 15.3 Å². The van der Waals surface area contributed by atoms with Gasteiger partial charge in [-0.25, -0.2) is 17.6 Å². The van der Waals surface area contributed by atoms with Gasteiger partial charge in [0.2, 0.25) is 0 Å². The molecule has 0 aromatic rings. The summed E-state index contributed by atoms with van der Waals surface area (Å²) in [7, 11) is 0. The summed E-state index contributed by atoms with van der Waals surface area (Å²) < 4.78 is 55.4. The standard InChI is InChI=1S/C16H20F4N2O3/c1-12-4-13(5-12,6-12)21-9(23)10(24)22-8-16(19,20)11(25)14(22)2-3-15(17,18)7-14/h11,25H,2-8H2,1H3,(H,21,23)/t11-,12?,13?,14-/m0/s1. The fourth-order valence-corrected chi connectivity index (χ4v) is 5.60. The zero-order valence-electron chi connectivity index (χ0n) is 13.7. The van der Waals surface area contributed by atoms with Crippen molar-refractivity contribution < 1.29 is 32.3 Å². The van der Waals surface area contributed by atoms with E-state index in [4.69, 9.17) is 0 Å². The van der Waals surface area contributed by atoms with Crippen LogP contribution in [0, 0.1) is 5.41 Å². The van der Waals surface area contributed by atoms with Gasteiger partial charge in [0.25, 0.3) is 11.8 Å². The molecule has 1 heterocycles. The van der Waals surface area contributed by atoms with Gasteiger partial charge >= 0.3 is 11.8 Å². The number of halogens is 4. The van der Waals surface area contributed by atoms with Crippen LogP contribution in [0.1, 0.15) is 45.4 Å². The van der Waals surface area contributed by atoms with Gasteiger partial charge in [-0.05, 0) is 31.1 Å². The van der Waals surface area contributed by atoms with E-state index in [9.17, 15) is 32.3 Å². The number of likely N-dealkylation sites (tertiary alicyclic amines) is 1. The fourth-order valence-electron chi connectivity index (χ4n) is 5.60. The van der Waals surface area contributed by atoms with Crippen LogP contribution in [0.2, 0.25) is 0 Å². The highest BCUT2D eigenvalue weighted by Crippen LogP contribution is 2.66. The lowest BCUT2D eigenvalue weighted by Crippen LogP contribution is -2.74. The monoisotopic (exact) mass is 364 g/mol. The summed E-state index contributed by atoms with van der Waals surface area (Å²) in [6.45, 7) is 0.830. The molecule has 2 N–H and O–H groups in total. The molecule has 2 atom stereocenters. The van der Waals surface area contributed by atoms with Gasteiger partial charge in [-0.1, -0.05) is 6.92 Å². The van der Waals surface area contributed by atoms with E-state index in [1.165, 1.54) is 0 Å². The van der Waals surface area contributed by atoms with Crippen LogP contribution < -0.4 is 5.32 Å². The molecule has 4 saturated carbocycles. The molecule has 1 spiro atoms. The van der Waals surface area contributed by atoms with Crippen molar-refractivity contribution in [3.8, 4) is 0 Å². The maximum atomic E-state index is 14.0. The number of carbonyl (C=O) groups excluding carboxylic acids is 2. The highest BCUT2D eigenvalue weighted by atomic mass is 19.3. The number of rotatable bonds is 1. The van der Waals surface area contributed by atoms with Crippen LogP contribution in [0.15, 0.2) is 0 Å². The van der Waals surface area contributed by atoms with Crippen LogP contribution in [0.3, 0.4) is 0 Å². The van der Waals surface area contributed by atoms with Crippen LogP contribution in [0.5, 0.6) is 0 Å². The average Bonchev–Trinajstić information content (AvgIpc) is 2.85. The molecule has 25 heavy (non-hydrogen) atoms. The first-order valence-corrected chi connectivity index (χ1v) is 8.40. The van der Waals surface area contributed by atoms with E-state index >= 15 is 0 Å². The lowest BCUT2D eigenvalue weighted by atomic mass is 9.40. The Bertz CT molecular complexity index is 648. The van der Waals surface area contributed by atoms with E-state index in [-0.39, 0.29) is 5.41 Å². The Labute approximate surface area is 141 Å². The molecule has 5 aliphatic rings. The SMILES string of the molecule is CC12CC(NC(=O)C(=O)N3CC(F)(F)[C@@H](O)[C@@]34CCC(F)(F)C4)(C1)C2. The van der Waals surface area contributed by atoms with Crippen LogP contribution in [0.25, 0.3) is 0 Å². The molecule has 5 nitrogen and oxygen atoms in total. The molecule has 2 amide bonds. The Morgan fingerprint density at radius 2 is 1.68 bits per heavy atom. The average molecular weight is 364 g/mol. The van der Waals surface area contributed by atoms with Gasteiger partial charge in [-0.15, -0.1) is 0 Å². The maximum absolute atomic E-state index is 14.0. The van der Waals surface area contributed by atoms with Crippen LogP contribution >= 0.6 is 0 Å². The summed E-state index contributed by atoms with van der Waals surface area (Å²) in [5, 5.41) is 12.5. The Kier molecular flexibility index (Phi) is 3.05. The first kappa shape index (κ1) is 17.1. The van der Waals surface area contributed by atoms with E-state index < -0.39 is 66.6 Å². The van der Waals surface area contributed by atoms with Crippen molar-refractivity contribution in [2.45, 2.75) is 74.5 Å². The van der Waals surface area contributed by atoms with Gasteiger partial charge in [-0.2, -0.15) is 0 Å². The molecular formula is C16H20F4N2O3. The van der Waals surface area contributed by atoms with Gasteiger partial charge in [0.1, 0.15) is 6.10 Å². The Morgan fingerprint density at radius 1 is 1.08 bits per heavy atom. The predicted molar refractivity (Wildman–Crippen MR) is 77.0 cm³/mol. The summed E-state index contributed by atoms with van der Waals surface area (Å²) in [6.07, 6.45) is -2.45. The van der Waals surface area contributed by atoms with E-state index in [1.807, 2.05) is 0 Å². The van der Waals surface area contributed by atoms with Crippen molar-refractivity contribution in [3.05, 3.63) is 0 Å². The van der Waals surface area contributed by atoms with Crippen molar-refractivity contribution in [2.24, 2.45) is 5.41 Å². The molecule has 1 aliphatic heterocycles. The first-order chi connectivity index (χ1) is 11.3. The van der Waals surface area contributed by atoms with Crippen molar-refractivity contribution in [3.63, 3.8) is 0 Å².